The Bertz CT molecular complexity index is 2450. The van der Waals surface area contributed by atoms with E-state index in [9.17, 15) is 63.3 Å². The predicted octanol–water partition coefficient (Wildman–Crippen LogP) is -0.610. The predicted molar refractivity (Wildman–Crippen MR) is 240 cm³/mol. The van der Waals surface area contributed by atoms with Gasteiger partial charge in [-0.1, -0.05) is 6.92 Å². The number of amides is 4. The summed E-state index contributed by atoms with van der Waals surface area (Å²) >= 11 is 0.889. The van der Waals surface area contributed by atoms with Gasteiger partial charge in [0.15, 0.2) is 22.9 Å². The molecular formula is C41H52N12O13S. The van der Waals surface area contributed by atoms with Crippen LogP contribution in [0.1, 0.15) is 80.8 Å². The first-order valence-electron chi connectivity index (χ1n) is 21.0. The van der Waals surface area contributed by atoms with E-state index in [1.54, 1.807) is 19.1 Å². The first-order valence-corrected chi connectivity index (χ1v) is 22.0. The number of imide groups is 1. The number of hydrogen-bond acceptors (Lipinski definition) is 17. The Morgan fingerprint density at radius 1 is 0.925 bits per heavy atom. The third kappa shape index (κ3) is 15.9. The second-order valence-electron chi connectivity index (χ2n) is 15.5. The Hall–Kier alpha value is -7.51. The summed E-state index contributed by atoms with van der Waals surface area (Å²) in [6, 6.07) is 2.66. The largest absolute Gasteiger partial charge is 0.481 e. The molecule has 360 valence electrons. The summed E-state index contributed by atoms with van der Waals surface area (Å²) in [4.78, 5) is 146. The zero-order chi connectivity index (χ0) is 49.4. The molecule has 1 aliphatic heterocycles. The molecule has 3 heterocycles. The third-order valence-electron chi connectivity index (χ3n) is 10.3. The fraction of sp³-hybridized carbons (Fsp3) is 0.463. The number of nitrogens with one attached hydrogen (secondary N) is 4. The number of carbonyl (C=O) groups is 9. The molecule has 1 unspecified atom stereocenters. The number of guanidine groups is 1. The Morgan fingerprint density at radius 2 is 1.64 bits per heavy atom. The van der Waals surface area contributed by atoms with Gasteiger partial charge in [-0.15, -0.1) is 11.8 Å². The Balaban J connectivity index is 1.35. The normalized spacial score (nSPS) is 15.2. The highest BCUT2D eigenvalue weighted by Crippen LogP contribution is 2.28. The van der Waals surface area contributed by atoms with Crippen LogP contribution in [0.25, 0.3) is 11.2 Å². The monoisotopic (exact) mass is 952 g/mol. The number of H-pyrrole nitrogens is 1. The number of carboxylic acid groups (broad SMARTS) is 3. The molecule has 26 heteroatoms. The smallest absolute Gasteiger partial charge is 0.326 e. The zero-order valence-electron chi connectivity index (χ0n) is 36.3. The topological polar surface area (TPSA) is 416 Å². The molecule has 4 rings (SSSR count). The van der Waals surface area contributed by atoms with Crippen LogP contribution in [0.3, 0.4) is 0 Å². The molecule has 0 spiro atoms. The quantitative estimate of drug-likeness (QED) is 0.0188. The minimum Gasteiger partial charge on any atom is -0.481 e. The number of carbonyl (C=O) groups excluding carboxylic acids is 6. The number of hydrogen-bond donors (Lipinski definition) is 10. The second-order valence-corrected chi connectivity index (χ2v) is 16.7. The standard InChI is InChI=1S/C41H52N12O13S/c1-2-12-53-30(56)16-29(37(53)62)67-19-22(38(63)64)14-28(55)27(15-31(57)58)50-35(60)21(4-3-11-45-40(42)43)13-25(54)9-10-26(39(65)66)49-34(59)20-5-7-23(8-6-20)46-17-24-18-47-33-32(48-24)36(61)52-41(44)51-33/h5-8,18,21-22,26-27,29,46H,2-4,9-17,19H2,1H3,(H,49,59)(H,50,60)(H,57,58)(H,63,64)(H,65,66)(H4,42,43,45)(H3,44,47,51,52,61)/t21-,22+,26+,27+,29?/m1/s1. The molecular weight excluding hydrogens is 901 g/mol. The van der Waals surface area contributed by atoms with Crippen molar-refractivity contribution in [1.29, 1.82) is 0 Å². The van der Waals surface area contributed by atoms with Gasteiger partial charge < -0.3 is 48.5 Å². The average molecular weight is 953 g/mol. The van der Waals surface area contributed by atoms with Gasteiger partial charge in [0.1, 0.15) is 11.8 Å². The van der Waals surface area contributed by atoms with Gasteiger partial charge >= 0.3 is 17.9 Å². The van der Waals surface area contributed by atoms with Crippen LogP contribution >= 0.6 is 11.8 Å². The molecule has 1 saturated heterocycles. The van der Waals surface area contributed by atoms with Crippen LogP contribution in [0.15, 0.2) is 40.2 Å². The number of nitrogen functional groups attached to an aromatic ring is 1. The zero-order valence-corrected chi connectivity index (χ0v) is 37.1. The molecule has 1 aromatic carbocycles. The lowest BCUT2D eigenvalue weighted by Gasteiger charge is -2.22. The van der Waals surface area contributed by atoms with Gasteiger partial charge in [0.2, 0.25) is 23.7 Å². The van der Waals surface area contributed by atoms with Crippen molar-refractivity contribution in [2.75, 3.05) is 29.9 Å². The van der Waals surface area contributed by atoms with Gasteiger partial charge in [-0.25, -0.2) is 14.8 Å². The SMILES string of the molecule is CCCN1C(=O)CC(SC[C@H](CC(=O)[C@H](CC(=O)O)NC(=O)[C@H](CCCN=C(N)N)CC(=O)CC[C@H](NC(=O)c2ccc(NCc3cnc4nc(N)[nH]c(=O)c4n3)cc2)C(=O)O)C(=O)O)C1=O. The van der Waals surface area contributed by atoms with E-state index < -0.39 is 114 Å². The lowest BCUT2D eigenvalue weighted by Crippen LogP contribution is -2.46. The number of likely N-dealkylation sites (tertiary alicyclic amines) is 1. The first-order chi connectivity index (χ1) is 31.8. The number of nitrogens with two attached hydrogens (primary N) is 3. The fourth-order valence-corrected chi connectivity index (χ4v) is 8.08. The molecule has 25 nitrogen and oxygen atoms in total. The van der Waals surface area contributed by atoms with Crippen molar-refractivity contribution >= 4 is 93.6 Å². The van der Waals surface area contributed by atoms with E-state index in [1.165, 1.54) is 18.3 Å². The molecule has 0 saturated carbocycles. The molecule has 2 aromatic heterocycles. The van der Waals surface area contributed by atoms with Crippen molar-refractivity contribution in [3.63, 3.8) is 0 Å². The highest BCUT2D eigenvalue weighted by molar-refractivity contribution is 8.00. The number of nitrogens with zero attached hydrogens (tertiary/aromatic N) is 5. The fourth-order valence-electron chi connectivity index (χ4n) is 6.83. The van der Waals surface area contributed by atoms with Crippen LogP contribution in [0.2, 0.25) is 0 Å². The maximum atomic E-state index is 13.7. The number of aliphatic imine (C=N–C) groups is 1. The number of carboxylic acids is 3. The summed E-state index contributed by atoms with van der Waals surface area (Å²) in [6.07, 6.45) is -1.08. The number of anilines is 2. The number of aliphatic carboxylic acids is 3. The summed E-state index contributed by atoms with van der Waals surface area (Å²) in [7, 11) is 0. The van der Waals surface area contributed by atoms with Crippen LogP contribution in [0.5, 0.6) is 0 Å². The van der Waals surface area contributed by atoms with E-state index in [4.69, 9.17) is 17.2 Å². The molecule has 3 aromatic rings. The number of thioether (sulfide) groups is 1. The molecule has 0 radical (unpaired) electrons. The van der Waals surface area contributed by atoms with Gasteiger partial charge in [0.05, 0.1) is 42.1 Å². The van der Waals surface area contributed by atoms with Crippen molar-refractivity contribution in [3.05, 3.63) is 52.1 Å². The van der Waals surface area contributed by atoms with Gasteiger partial charge in [-0.3, -0.25) is 58.0 Å². The molecule has 0 bridgehead atoms. The Labute approximate surface area is 385 Å². The van der Waals surface area contributed by atoms with Crippen LogP contribution in [0, 0.1) is 11.8 Å². The molecule has 1 fully saturated rings. The third-order valence-corrected chi connectivity index (χ3v) is 11.7. The van der Waals surface area contributed by atoms with Crippen molar-refractivity contribution in [1.82, 2.24) is 35.5 Å². The van der Waals surface area contributed by atoms with Crippen molar-refractivity contribution in [3.8, 4) is 0 Å². The molecule has 67 heavy (non-hydrogen) atoms. The number of rotatable bonds is 28. The second kappa shape index (κ2) is 24.7. The van der Waals surface area contributed by atoms with Gasteiger partial charge in [0.25, 0.3) is 11.5 Å². The van der Waals surface area contributed by atoms with E-state index in [-0.39, 0.29) is 79.7 Å². The van der Waals surface area contributed by atoms with Crippen LogP contribution < -0.4 is 38.7 Å². The van der Waals surface area contributed by atoms with Crippen LogP contribution in [-0.4, -0.2) is 135 Å². The summed E-state index contributed by atoms with van der Waals surface area (Å²) in [5, 5.41) is 36.3. The van der Waals surface area contributed by atoms with E-state index in [0.29, 0.717) is 17.8 Å². The van der Waals surface area contributed by atoms with Crippen molar-refractivity contribution < 1.29 is 58.5 Å². The highest BCUT2D eigenvalue weighted by atomic mass is 32.2. The molecule has 4 amide bonds. The summed E-state index contributed by atoms with van der Waals surface area (Å²) in [5.41, 5.74) is 16.8. The maximum absolute atomic E-state index is 13.7. The van der Waals surface area contributed by atoms with Gasteiger partial charge in [0, 0.05) is 61.7 Å². The lowest BCUT2D eigenvalue weighted by atomic mass is 9.92. The number of ketones is 2. The highest BCUT2D eigenvalue weighted by Gasteiger charge is 2.40. The molecule has 13 N–H and O–H groups in total. The Kier molecular flexibility index (Phi) is 19.2. The number of aromatic amines is 1. The minimum absolute atomic E-state index is 0.00731. The van der Waals surface area contributed by atoms with E-state index in [0.717, 1.165) is 16.7 Å². The average Bonchev–Trinajstić information content (AvgIpc) is 3.53. The van der Waals surface area contributed by atoms with Crippen LogP contribution in [0.4, 0.5) is 11.6 Å². The molecule has 5 atom stereocenters. The number of aromatic nitrogens is 4. The summed E-state index contributed by atoms with van der Waals surface area (Å²) < 4.78 is 0. The lowest BCUT2D eigenvalue weighted by molar-refractivity contribution is -0.144. The Morgan fingerprint density at radius 3 is 2.28 bits per heavy atom. The van der Waals surface area contributed by atoms with E-state index in [2.05, 4.69) is 40.9 Å². The summed E-state index contributed by atoms with van der Waals surface area (Å²) in [6.45, 7) is 2.15. The van der Waals surface area contributed by atoms with Gasteiger partial charge in [-0.05, 0) is 49.9 Å². The first kappa shape index (κ1) is 52.1. The van der Waals surface area contributed by atoms with Crippen molar-refractivity contribution in [2.24, 2.45) is 28.3 Å². The van der Waals surface area contributed by atoms with E-state index in [1.807, 2.05) is 0 Å². The van der Waals surface area contributed by atoms with Crippen LogP contribution in [-0.2, 0) is 44.9 Å². The molecule has 1 aliphatic rings. The van der Waals surface area contributed by atoms with Gasteiger partial charge in [-0.2, -0.15) is 4.98 Å². The minimum atomic E-state index is -1.72. The van der Waals surface area contributed by atoms with Crippen molar-refractivity contribution in [2.45, 2.75) is 88.6 Å². The van der Waals surface area contributed by atoms with E-state index >= 15 is 0 Å². The number of fused-ring (bicyclic) bond motifs is 1. The summed E-state index contributed by atoms with van der Waals surface area (Å²) in [5.74, 6) is -11.7. The number of benzene rings is 1. The maximum Gasteiger partial charge on any atom is 0.326 e. The molecule has 0 aliphatic carbocycles. The number of Topliss-reactive ketones (excluding diaryl/α,β-unsaturated/α-hetero) is 2.